The molecule has 0 amide bonds. The summed E-state index contributed by atoms with van der Waals surface area (Å²) in [6.45, 7) is -0.0384. The summed E-state index contributed by atoms with van der Waals surface area (Å²) in [6.07, 6.45) is 1.29. The Morgan fingerprint density at radius 2 is 1.77 bits per heavy atom. The van der Waals surface area contributed by atoms with Crippen LogP contribution in [0.4, 0.5) is 18.9 Å². The molecular formula is C20H21F3N2O4S. The van der Waals surface area contributed by atoms with E-state index in [1.165, 1.54) is 0 Å². The SMILES string of the molecule is CN(c1c(F)cc(F)cc1F)S(=O)(=O)N1CCCC[C@H]1C(=O)OCc1ccccc1. The van der Waals surface area contributed by atoms with Crippen LogP contribution < -0.4 is 4.31 Å². The second-order valence-electron chi connectivity index (χ2n) is 6.91. The number of esters is 1. The Labute approximate surface area is 173 Å². The average Bonchev–Trinajstić information content (AvgIpc) is 2.72. The molecule has 0 N–H and O–H groups in total. The Balaban J connectivity index is 1.83. The second kappa shape index (κ2) is 9.05. The van der Waals surface area contributed by atoms with Gasteiger partial charge in [-0.25, -0.2) is 13.2 Å². The number of halogens is 3. The zero-order chi connectivity index (χ0) is 21.9. The van der Waals surface area contributed by atoms with E-state index in [0.29, 0.717) is 29.3 Å². The maximum atomic E-state index is 14.1. The lowest BCUT2D eigenvalue weighted by molar-refractivity contribution is -0.150. The molecular weight excluding hydrogens is 421 g/mol. The minimum absolute atomic E-state index is 0.0117. The molecule has 1 heterocycles. The Morgan fingerprint density at radius 3 is 2.40 bits per heavy atom. The molecule has 3 rings (SSSR count). The van der Waals surface area contributed by atoms with Crippen molar-refractivity contribution in [2.45, 2.75) is 31.9 Å². The number of nitrogens with zero attached hydrogens (tertiary/aromatic N) is 2. The number of piperidine rings is 1. The molecule has 0 aromatic heterocycles. The van der Waals surface area contributed by atoms with Crippen LogP contribution in [-0.4, -0.2) is 38.3 Å². The smallest absolute Gasteiger partial charge is 0.324 e. The van der Waals surface area contributed by atoms with Crippen molar-refractivity contribution in [1.82, 2.24) is 4.31 Å². The van der Waals surface area contributed by atoms with Gasteiger partial charge in [0.2, 0.25) is 0 Å². The van der Waals surface area contributed by atoms with Gasteiger partial charge in [-0.3, -0.25) is 9.10 Å². The summed E-state index contributed by atoms with van der Waals surface area (Å²) in [5, 5.41) is 0. The van der Waals surface area contributed by atoms with E-state index < -0.39 is 45.4 Å². The lowest BCUT2D eigenvalue weighted by Crippen LogP contribution is -2.53. The normalized spacial score (nSPS) is 17.5. The third-order valence-corrected chi connectivity index (χ3v) is 6.79. The van der Waals surface area contributed by atoms with Gasteiger partial charge in [-0.1, -0.05) is 30.3 Å². The van der Waals surface area contributed by atoms with E-state index in [9.17, 15) is 26.4 Å². The maximum Gasteiger partial charge on any atom is 0.324 e. The van der Waals surface area contributed by atoms with E-state index in [-0.39, 0.29) is 19.6 Å². The van der Waals surface area contributed by atoms with Crippen LogP contribution in [0.3, 0.4) is 0 Å². The fourth-order valence-electron chi connectivity index (χ4n) is 3.35. The van der Waals surface area contributed by atoms with E-state index in [4.69, 9.17) is 4.74 Å². The molecule has 30 heavy (non-hydrogen) atoms. The van der Waals surface area contributed by atoms with Gasteiger partial charge in [0.05, 0.1) is 0 Å². The average molecular weight is 442 g/mol. The highest BCUT2D eigenvalue weighted by Crippen LogP contribution is 2.30. The van der Waals surface area contributed by atoms with Crippen LogP contribution in [0, 0.1) is 17.5 Å². The first-order valence-electron chi connectivity index (χ1n) is 9.32. The molecule has 6 nitrogen and oxygen atoms in total. The molecule has 0 radical (unpaired) electrons. The summed E-state index contributed by atoms with van der Waals surface area (Å²) in [5.41, 5.74) is -0.179. The van der Waals surface area contributed by atoms with Crippen molar-refractivity contribution in [3.05, 3.63) is 65.5 Å². The van der Waals surface area contributed by atoms with Crippen molar-refractivity contribution in [1.29, 1.82) is 0 Å². The lowest BCUT2D eigenvalue weighted by Gasteiger charge is -2.36. The van der Waals surface area contributed by atoms with Crippen molar-refractivity contribution in [2.24, 2.45) is 0 Å². The number of carbonyl (C=O) groups excluding carboxylic acids is 1. The molecule has 0 aliphatic carbocycles. The summed E-state index contributed by atoms with van der Waals surface area (Å²) in [5.74, 6) is -4.63. The number of ether oxygens (including phenoxy) is 1. The van der Waals surface area contributed by atoms with Gasteiger partial charge in [0.1, 0.15) is 24.2 Å². The van der Waals surface area contributed by atoms with Crippen molar-refractivity contribution < 1.29 is 31.1 Å². The first-order valence-corrected chi connectivity index (χ1v) is 10.7. The number of hydrogen-bond donors (Lipinski definition) is 0. The van der Waals surface area contributed by atoms with Gasteiger partial charge in [-0.05, 0) is 24.8 Å². The Bertz CT molecular complexity index is 995. The molecule has 2 aromatic rings. The number of benzene rings is 2. The van der Waals surface area contributed by atoms with Crippen LogP contribution in [0.15, 0.2) is 42.5 Å². The molecule has 1 fully saturated rings. The van der Waals surface area contributed by atoms with Crippen molar-refractivity contribution in [3.63, 3.8) is 0 Å². The fraction of sp³-hybridized carbons (Fsp3) is 0.350. The second-order valence-corrected chi connectivity index (χ2v) is 8.82. The predicted molar refractivity (Wildman–Crippen MR) is 104 cm³/mol. The largest absolute Gasteiger partial charge is 0.460 e. The van der Waals surface area contributed by atoms with Gasteiger partial charge < -0.3 is 4.74 Å². The summed E-state index contributed by atoms with van der Waals surface area (Å²) in [4.78, 5) is 12.6. The Hall–Kier alpha value is -2.59. The summed E-state index contributed by atoms with van der Waals surface area (Å²) in [7, 11) is -3.53. The van der Waals surface area contributed by atoms with E-state index in [2.05, 4.69) is 0 Å². The number of anilines is 1. The van der Waals surface area contributed by atoms with Gasteiger partial charge in [0, 0.05) is 25.7 Å². The lowest BCUT2D eigenvalue weighted by atomic mass is 10.1. The van der Waals surface area contributed by atoms with Crippen molar-refractivity contribution in [3.8, 4) is 0 Å². The molecule has 10 heteroatoms. The van der Waals surface area contributed by atoms with Crippen LogP contribution in [0.1, 0.15) is 24.8 Å². The highest BCUT2D eigenvalue weighted by atomic mass is 32.2. The third-order valence-electron chi connectivity index (χ3n) is 4.89. The van der Waals surface area contributed by atoms with E-state index in [1.54, 1.807) is 24.3 Å². The molecule has 1 atom stereocenters. The van der Waals surface area contributed by atoms with Crippen LogP contribution in [0.2, 0.25) is 0 Å². The molecule has 0 unspecified atom stereocenters. The van der Waals surface area contributed by atoms with Crippen molar-refractivity contribution >= 4 is 21.9 Å². The van der Waals surface area contributed by atoms with Crippen LogP contribution in [0.5, 0.6) is 0 Å². The van der Waals surface area contributed by atoms with Gasteiger partial charge in [-0.2, -0.15) is 12.7 Å². The van der Waals surface area contributed by atoms with Gasteiger partial charge in [0.15, 0.2) is 11.6 Å². The highest BCUT2D eigenvalue weighted by molar-refractivity contribution is 7.90. The zero-order valence-corrected chi connectivity index (χ0v) is 17.0. The first-order chi connectivity index (χ1) is 14.2. The molecule has 0 spiro atoms. The minimum atomic E-state index is -4.49. The summed E-state index contributed by atoms with van der Waals surface area (Å²) < 4.78 is 74.2. The number of carbonyl (C=O) groups is 1. The van der Waals surface area contributed by atoms with Crippen LogP contribution in [0.25, 0.3) is 0 Å². The fourth-order valence-corrected chi connectivity index (χ4v) is 4.94. The van der Waals surface area contributed by atoms with E-state index in [0.717, 1.165) is 16.9 Å². The van der Waals surface area contributed by atoms with Gasteiger partial charge >= 0.3 is 16.2 Å². The van der Waals surface area contributed by atoms with Gasteiger partial charge in [0.25, 0.3) is 0 Å². The number of hydrogen-bond acceptors (Lipinski definition) is 4. The quantitative estimate of drug-likeness (QED) is 0.644. The summed E-state index contributed by atoms with van der Waals surface area (Å²) in [6, 6.07) is 8.56. The minimum Gasteiger partial charge on any atom is -0.460 e. The van der Waals surface area contributed by atoms with Crippen LogP contribution in [-0.2, 0) is 26.3 Å². The Kier molecular flexibility index (Phi) is 6.67. The predicted octanol–water partition coefficient (Wildman–Crippen LogP) is 3.38. The first kappa shape index (κ1) is 22.1. The maximum absolute atomic E-state index is 14.1. The zero-order valence-electron chi connectivity index (χ0n) is 16.2. The molecule has 162 valence electrons. The topological polar surface area (TPSA) is 66.9 Å². The van der Waals surface area contributed by atoms with Gasteiger partial charge in [-0.15, -0.1) is 0 Å². The molecule has 0 bridgehead atoms. The van der Waals surface area contributed by atoms with Crippen molar-refractivity contribution in [2.75, 3.05) is 17.9 Å². The molecule has 0 saturated carbocycles. The van der Waals surface area contributed by atoms with E-state index in [1.807, 2.05) is 6.07 Å². The highest BCUT2D eigenvalue weighted by Gasteiger charge is 2.41. The standard InChI is InChI=1S/C20H21F3N2O4S/c1-24(19-16(22)11-15(21)12-17(19)23)30(27,28)25-10-6-5-9-18(25)20(26)29-13-14-7-3-2-4-8-14/h2-4,7-8,11-12,18H,5-6,9-10,13H2,1H3/t18-/m0/s1. The monoisotopic (exact) mass is 442 g/mol. The molecule has 1 saturated heterocycles. The van der Waals surface area contributed by atoms with E-state index >= 15 is 0 Å². The van der Waals surface area contributed by atoms with Crippen LogP contribution >= 0.6 is 0 Å². The number of rotatable bonds is 6. The molecule has 2 aromatic carbocycles. The molecule has 1 aliphatic rings. The third kappa shape index (κ3) is 4.59. The summed E-state index contributed by atoms with van der Waals surface area (Å²) >= 11 is 0. The Morgan fingerprint density at radius 1 is 1.13 bits per heavy atom. The molecule has 1 aliphatic heterocycles.